The number of halogens is 1. The van der Waals surface area contributed by atoms with E-state index in [0.29, 0.717) is 11.8 Å². The molecule has 0 bridgehead atoms. The lowest BCUT2D eigenvalue weighted by molar-refractivity contribution is -0.141. The highest BCUT2D eigenvalue weighted by molar-refractivity contribution is 5.98. The number of unbranched alkanes of at least 4 members (excludes halogenated alkanes) is 1. The van der Waals surface area contributed by atoms with E-state index in [1.54, 1.807) is 30.3 Å². The minimum atomic E-state index is -1.87. The van der Waals surface area contributed by atoms with E-state index < -0.39 is 110 Å². The Labute approximate surface area is 326 Å². The molecule has 7 atom stereocenters. The molecule has 1 aliphatic rings. The van der Waals surface area contributed by atoms with Crippen molar-refractivity contribution >= 4 is 53.6 Å². The maximum absolute atomic E-state index is 13.8. The van der Waals surface area contributed by atoms with Crippen LogP contribution in [0.2, 0.25) is 0 Å². The van der Waals surface area contributed by atoms with Gasteiger partial charge < -0.3 is 68.6 Å². The Morgan fingerprint density at radius 1 is 0.877 bits per heavy atom. The van der Waals surface area contributed by atoms with Gasteiger partial charge in [-0.15, -0.1) is 0 Å². The highest BCUT2D eigenvalue weighted by atomic mass is 19.1. The highest BCUT2D eigenvalue weighted by Gasteiger charge is 2.33. The zero-order valence-corrected chi connectivity index (χ0v) is 31.0. The molecule has 57 heavy (non-hydrogen) atoms. The van der Waals surface area contributed by atoms with Crippen molar-refractivity contribution in [1.82, 2.24) is 31.9 Å². The number of aliphatic hydroxyl groups is 3. The Bertz CT molecular complexity index is 1570. The van der Waals surface area contributed by atoms with E-state index in [0.717, 1.165) is 0 Å². The molecule has 0 unspecified atom stereocenters. The molecule has 1 aromatic rings. The van der Waals surface area contributed by atoms with Crippen LogP contribution in [0.4, 0.5) is 4.39 Å². The van der Waals surface area contributed by atoms with Crippen LogP contribution in [0.3, 0.4) is 0 Å². The number of carboxylic acid groups (broad SMARTS) is 1. The second-order valence-electron chi connectivity index (χ2n) is 12.8. The summed E-state index contributed by atoms with van der Waals surface area (Å²) in [4.78, 5) is 99.3. The third-order valence-corrected chi connectivity index (χ3v) is 8.21. The van der Waals surface area contributed by atoms with Crippen molar-refractivity contribution in [3.8, 4) is 0 Å². The number of carbonyl (C=O) groups excluding carboxylic acids is 6. The van der Waals surface area contributed by atoms with Crippen molar-refractivity contribution < 1.29 is 63.2 Å². The van der Waals surface area contributed by atoms with Crippen LogP contribution in [0, 0.1) is 0 Å². The molecule has 1 aliphatic heterocycles. The number of benzene rings is 1. The highest BCUT2D eigenvalue weighted by Crippen LogP contribution is 2.09. The Morgan fingerprint density at radius 3 is 2.14 bits per heavy atom. The van der Waals surface area contributed by atoms with Crippen LogP contribution in [0.5, 0.6) is 0 Å². The Balaban J connectivity index is 2.25. The number of nitrogens with two attached hydrogens (primary N) is 2. The van der Waals surface area contributed by atoms with Crippen LogP contribution in [0.15, 0.2) is 40.5 Å². The summed E-state index contributed by atoms with van der Waals surface area (Å²) in [6, 6.07) is 2.93. The quantitative estimate of drug-likeness (QED) is 0.0255. The van der Waals surface area contributed by atoms with Gasteiger partial charge in [0.15, 0.2) is 12.6 Å². The van der Waals surface area contributed by atoms with Crippen molar-refractivity contribution in [3.05, 3.63) is 35.9 Å². The Kier molecular flexibility index (Phi) is 20.9. The molecule has 0 aliphatic carbocycles. The number of guanidine groups is 1. The molecule has 0 saturated carbocycles. The fraction of sp³-hybridized carbons (Fsp3) is 0.559. The maximum Gasteiger partial charge on any atom is 0.305 e. The topological polar surface area (TPSA) is 359 Å². The molecule has 1 fully saturated rings. The maximum atomic E-state index is 13.8. The number of aliphatic carboxylic acids is 1. The van der Waals surface area contributed by atoms with Crippen LogP contribution in [0.25, 0.3) is 0 Å². The number of rotatable bonds is 20. The van der Waals surface area contributed by atoms with E-state index in [1.165, 1.54) is 0 Å². The first-order chi connectivity index (χ1) is 27.1. The van der Waals surface area contributed by atoms with Gasteiger partial charge >= 0.3 is 5.97 Å². The molecule has 23 heteroatoms. The number of aliphatic imine (C=N–C) groups is 1. The van der Waals surface area contributed by atoms with Gasteiger partial charge in [0.25, 0.3) is 5.91 Å². The van der Waals surface area contributed by atoms with E-state index in [9.17, 15) is 58.4 Å². The van der Waals surface area contributed by atoms with Gasteiger partial charge in [0.2, 0.25) is 29.5 Å². The van der Waals surface area contributed by atoms with E-state index in [1.807, 2.05) is 0 Å². The molecule has 22 nitrogen and oxygen atoms in total. The van der Waals surface area contributed by atoms with E-state index in [-0.39, 0.29) is 57.6 Å². The number of hydrogen-bond acceptors (Lipinski definition) is 13. The summed E-state index contributed by atoms with van der Waals surface area (Å²) in [6.07, 6.45) is -5.11. The minimum Gasteiger partial charge on any atom is -0.481 e. The third-order valence-electron chi connectivity index (χ3n) is 8.21. The molecule has 1 aromatic carbocycles. The zero-order chi connectivity index (χ0) is 42.3. The number of oxime groups is 1. The van der Waals surface area contributed by atoms with Gasteiger partial charge in [0.1, 0.15) is 49.2 Å². The molecule has 0 spiro atoms. The molecule has 14 N–H and O–H groups in total. The number of amides is 6. The second kappa shape index (κ2) is 25.3. The molecule has 2 rings (SSSR count). The lowest BCUT2D eigenvalue weighted by Crippen LogP contribution is -2.58. The van der Waals surface area contributed by atoms with Crippen LogP contribution in [0.1, 0.15) is 44.1 Å². The summed E-state index contributed by atoms with van der Waals surface area (Å²) in [7, 11) is 0. The number of hydrogen-bond donors (Lipinski definition) is 12. The lowest BCUT2D eigenvalue weighted by Gasteiger charge is -2.26. The van der Waals surface area contributed by atoms with Crippen LogP contribution in [-0.2, 0) is 44.8 Å². The Hall–Kier alpha value is -5.94. The van der Waals surface area contributed by atoms with Crippen molar-refractivity contribution in [3.63, 3.8) is 0 Å². The van der Waals surface area contributed by atoms with E-state index in [2.05, 4.69) is 42.0 Å². The molecule has 6 amide bonds. The van der Waals surface area contributed by atoms with Gasteiger partial charge in [-0.1, -0.05) is 35.5 Å². The molecule has 1 saturated heterocycles. The van der Waals surface area contributed by atoms with Crippen LogP contribution >= 0.6 is 0 Å². The molecule has 316 valence electrons. The summed E-state index contributed by atoms with van der Waals surface area (Å²) >= 11 is 0. The number of alkyl halides is 1. The first kappa shape index (κ1) is 47.2. The fourth-order valence-corrected chi connectivity index (χ4v) is 5.20. The number of nitrogens with zero attached hydrogens (tertiary/aromatic N) is 2. The summed E-state index contributed by atoms with van der Waals surface area (Å²) < 4.78 is 12.4. The molecular formula is C34H51FN10O12. The van der Waals surface area contributed by atoms with Gasteiger partial charge in [-0.25, -0.2) is 4.39 Å². The van der Waals surface area contributed by atoms with Gasteiger partial charge in [-0.2, -0.15) is 0 Å². The number of carboxylic acids is 1. The number of carbonyl (C=O) groups is 7. The largest absolute Gasteiger partial charge is 0.481 e. The average Bonchev–Trinajstić information content (AvgIpc) is 3.17. The van der Waals surface area contributed by atoms with E-state index >= 15 is 0 Å². The number of nitrogens with one attached hydrogen (secondary N) is 6. The lowest BCUT2D eigenvalue weighted by atomic mass is 10.0. The zero-order valence-electron chi connectivity index (χ0n) is 31.0. The second-order valence-corrected chi connectivity index (χ2v) is 12.8. The standard InChI is InChI=1S/C34H51FN10O12/c35-15-24(46)29(52)25(47)16-41-57-18-27(49)38-11-5-4-9-21-31(54)43-20(10-6-12-39-34(36)37)30(53)40-17-26(48)42-23(14-28(50)51)33(56)45-22(32(55)44-21)13-19-7-2-1-3-8-19/h1-3,7-8,16,20-25,29,46-47,52H,4-6,9-15,17-18H2,(H,38,49)(H,40,53)(H,42,48)(H,43,54)(H,44,55)(H,45,56)(H,50,51)(H4,36,37,39)/b41-16+/t20-,21-,22+,23-,24+,25-,29+/m0/s1. The Morgan fingerprint density at radius 2 is 1.49 bits per heavy atom. The SMILES string of the molecule is NC(N)=NCCC[C@@H]1NC(=O)[C@H](CCCCNC(=O)CO/N=C/[C@H](O)[C@H](O)[C@H](O)CF)NC(=O)[C@@H](Cc2ccccc2)NC(=O)[C@H](CC(=O)O)NC(=O)CNC1=O. The average molecular weight is 811 g/mol. The van der Waals surface area contributed by atoms with Crippen molar-refractivity contribution in [2.24, 2.45) is 21.6 Å². The van der Waals surface area contributed by atoms with Crippen molar-refractivity contribution in [1.29, 1.82) is 0 Å². The van der Waals surface area contributed by atoms with Crippen LogP contribution in [-0.4, -0.2) is 149 Å². The van der Waals surface area contributed by atoms with Gasteiger partial charge in [0, 0.05) is 19.5 Å². The summed E-state index contributed by atoms with van der Waals surface area (Å²) in [5.74, 6) is -6.62. The fourth-order valence-electron chi connectivity index (χ4n) is 5.20. The minimum absolute atomic E-state index is 0.00772. The monoisotopic (exact) mass is 810 g/mol. The molecule has 0 aromatic heterocycles. The summed E-state index contributed by atoms with van der Waals surface area (Å²) in [6.45, 7) is -2.45. The third kappa shape index (κ3) is 18.5. The van der Waals surface area contributed by atoms with Gasteiger partial charge in [0.05, 0.1) is 19.2 Å². The van der Waals surface area contributed by atoms with Crippen molar-refractivity contribution in [2.45, 2.75) is 87.4 Å². The predicted octanol–water partition coefficient (Wildman–Crippen LogP) is -4.83. The molecular weight excluding hydrogens is 759 g/mol. The summed E-state index contributed by atoms with van der Waals surface area (Å²) in [5, 5.41) is 56.0. The summed E-state index contributed by atoms with van der Waals surface area (Å²) in [5.41, 5.74) is 11.4. The van der Waals surface area contributed by atoms with Gasteiger partial charge in [-0.05, 0) is 37.7 Å². The number of aliphatic hydroxyl groups excluding tert-OH is 3. The first-order valence-electron chi connectivity index (χ1n) is 17.9. The van der Waals surface area contributed by atoms with Gasteiger partial charge in [-0.3, -0.25) is 38.6 Å². The molecule has 1 heterocycles. The van der Waals surface area contributed by atoms with E-state index in [4.69, 9.17) is 16.3 Å². The van der Waals surface area contributed by atoms with Crippen LogP contribution < -0.4 is 43.4 Å². The molecule has 0 radical (unpaired) electrons. The predicted molar refractivity (Wildman–Crippen MR) is 198 cm³/mol. The first-order valence-corrected chi connectivity index (χ1v) is 17.9. The normalized spacial score (nSPS) is 21.2. The smallest absolute Gasteiger partial charge is 0.305 e. The van der Waals surface area contributed by atoms with Crippen molar-refractivity contribution in [2.75, 3.05) is 32.9 Å².